The van der Waals surface area contributed by atoms with E-state index in [1.165, 1.54) is 11.1 Å². The molecule has 1 aliphatic heterocycles. The molecule has 1 fully saturated rings. The van der Waals surface area contributed by atoms with Gasteiger partial charge in [-0.3, -0.25) is 14.7 Å². The number of benzene rings is 2. The number of amides is 1. The van der Waals surface area contributed by atoms with Crippen LogP contribution in [0.5, 0.6) is 0 Å². The Balaban J connectivity index is 1.43. The van der Waals surface area contributed by atoms with Crippen LogP contribution in [0.15, 0.2) is 84.5 Å². The summed E-state index contributed by atoms with van der Waals surface area (Å²) in [5.74, 6) is 0.0931. The molecule has 3 heterocycles. The van der Waals surface area contributed by atoms with Gasteiger partial charge in [0.25, 0.3) is 5.91 Å². The Morgan fingerprint density at radius 1 is 1.00 bits per heavy atom. The Hall–Kier alpha value is -3.02. The van der Waals surface area contributed by atoms with Gasteiger partial charge in [-0.25, -0.2) is 0 Å². The van der Waals surface area contributed by atoms with Crippen molar-refractivity contribution in [1.82, 2.24) is 14.8 Å². The monoisotopic (exact) mass is 441 g/mol. The van der Waals surface area contributed by atoms with Crippen molar-refractivity contribution in [3.05, 3.63) is 101 Å². The number of hydrogen-bond acceptors (Lipinski definition) is 4. The van der Waals surface area contributed by atoms with Crippen molar-refractivity contribution in [2.24, 2.45) is 0 Å². The minimum atomic E-state index is 0.0931. The first-order valence-corrected chi connectivity index (χ1v) is 12.1. The van der Waals surface area contributed by atoms with Gasteiger partial charge in [-0.2, -0.15) is 0 Å². The Labute approximate surface area is 193 Å². The largest absolute Gasteiger partial charge is 0.336 e. The summed E-state index contributed by atoms with van der Waals surface area (Å²) in [7, 11) is 0. The molecule has 0 radical (unpaired) electrons. The van der Waals surface area contributed by atoms with E-state index in [1.807, 2.05) is 22.5 Å². The van der Waals surface area contributed by atoms with Crippen LogP contribution in [0, 0.1) is 0 Å². The number of pyridine rings is 1. The molecule has 2 aromatic carbocycles. The Kier molecular flexibility index (Phi) is 6.02. The molecular weight excluding hydrogens is 414 g/mol. The number of rotatable bonds is 5. The van der Waals surface area contributed by atoms with Gasteiger partial charge in [0.2, 0.25) is 0 Å². The van der Waals surface area contributed by atoms with Crippen molar-refractivity contribution < 1.29 is 4.79 Å². The van der Waals surface area contributed by atoms with E-state index < -0.39 is 0 Å². The molecule has 162 valence electrons. The maximum absolute atomic E-state index is 13.5. The van der Waals surface area contributed by atoms with Crippen LogP contribution in [0.3, 0.4) is 0 Å². The lowest BCUT2D eigenvalue weighted by molar-refractivity contribution is 0.0375. The maximum Gasteiger partial charge on any atom is 0.256 e. The fourth-order valence-electron chi connectivity index (χ4n) is 4.84. The first-order valence-electron chi connectivity index (χ1n) is 11.2. The molecule has 0 spiro atoms. The lowest BCUT2D eigenvalue weighted by atomic mass is 9.93. The average molecular weight is 442 g/mol. The molecule has 5 heteroatoms. The van der Waals surface area contributed by atoms with E-state index in [0.29, 0.717) is 6.54 Å². The van der Waals surface area contributed by atoms with Crippen molar-refractivity contribution in [2.45, 2.75) is 25.4 Å². The number of carbonyl (C=O) groups excluding carboxylic acids is 1. The Bertz CT molecular complexity index is 1150. The normalized spacial score (nSPS) is 17.2. The summed E-state index contributed by atoms with van der Waals surface area (Å²) in [6.45, 7) is 4.50. The molecule has 0 bridgehead atoms. The van der Waals surface area contributed by atoms with Crippen LogP contribution in [0.4, 0.5) is 0 Å². The third-order valence-corrected chi connectivity index (χ3v) is 7.31. The maximum atomic E-state index is 13.5. The lowest BCUT2D eigenvalue weighted by Crippen LogP contribution is -2.55. The summed E-state index contributed by atoms with van der Waals surface area (Å²) in [5, 5.41) is 3.04. The zero-order valence-electron chi connectivity index (χ0n) is 18.2. The van der Waals surface area contributed by atoms with Gasteiger partial charge in [0.1, 0.15) is 0 Å². The molecule has 1 atom stereocenters. The first-order chi connectivity index (χ1) is 15.8. The van der Waals surface area contributed by atoms with Gasteiger partial charge in [-0.05, 0) is 29.0 Å². The van der Waals surface area contributed by atoms with Gasteiger partial charge in [-0.1, -0.05) is 67.6 Å². The topological polar surface area (TPSA) is 36.4 Å². The molecule has 5 rings (SSSR count). The second-order valence-electron chi connectivity index (χ2n) is 8.29. The molecule has 1 saturated heterocycles. The number of hydrogen-bond donors (Lipinski definition) is 0. The molecule has 4 nitrogen and oxygen atoms in total. The van der Waals surface area contributed by atoms with E-state index in [0.717, 1.165) is 35.2 Å². The lowest BCUT2D eigenvalue weighted by Gasteiger charge is -2.45. The smallest absolute Gasteiger partial charge is 0.256 e. The SMILES string of the molecule is CCC1CN(C(=O)c2cncc3sccc23)CCN1C(c1ccccc1)c1ccccc1. The van der Waals surface area contributed by atoms with E-state index in [-0.39, 0.29) is 18.0 Å². The van der Waals surface area contributed by atoms with Crippen molar-refractivity contribution in [3.8, 4) is 0 Å². The quantitative estimate of drug-likeness (QED) is 0.403. The van der Waals surface area contributed by atoms with Gasteiger partial charge in [0.15, 0.2) is 0 Å². The molecule has 0 aliphatic carbocycles. The fraction of sp³-hybridized carbons (Fsp3) is 0.259. The minimum absolute atomic E-state index is 0.0931. The van der Waals surface area contributed by atoms with Crippen LogP contribution in [0.1, 0.15) is 40.9 Å². The van der Waals surface area contributed by atoms with Crippen molar-refractivity contribution in [3.63, 3.8) is 0 Å². The van der Waals surface area contributed by atoms with Gasteiger partial charge >= 0.3 is 0 Å². The summed E-state index contributed by atoms with van der Waals surface area (Å²) < 4.78 is 1.06. The molecule has 0 saturated carbocycles. The predicted molar refractivity (Wildman–Crippen MR) is 131 cm³/mol. The molecule has 1 amide bonds. The Morgan fingerprint density at radius 3 is 2.34 bits per heavy atom. The molecule has 4 aromatic rings. The van der Waals surface area contributed by atoms with E-state index in [4.69, 9.17) is 0 Å². The van der Waals surface area contributed by atoms with Crippen LogP contribution in [0.25, 0.3) is 10.1 Å². The van der Waals surface area contributed by atoms with E-state index in [1.54, 1.807) is 17.5 Å². The molecule has 1 aliphatic rings. The van der Waals surface area contributed by atoms with Crippen molar-refractivity contribution >= 4 is 27.3 Å². The second-order valence-corrected chi connectivity index (χ2v) is 9.24. The third kappa shape index (κ3) is 3.94. The number of thiophene rings is 1. The fourth-order valence-corrected chi connectivity index (χ4v) is 5.61. The van der Waals surface area contributed by atoms with Crippen LogP contribution in [-0.4, -0.2) is 46.4 Å². The summed E-state index contributed by atoms with van der Waals surface area (Å²) in [6.07, 6.45) is 4.55. The Morgan fingerprint density at radius 2 is 1.69 bits per heavy atom. The highest BCUT2D eigenvalue weighted by molar-refractivity contribution is 7.17. The van der Waals surface area contributed by atoms with Crippen LogP contribution in [-0.2, 0) is 0 Å². The van der Waals surface area contributed by atoms with Gasteiger partial charge in [0.05, 0.1) is 16.3 Å². The number of nitrogens with zero attached hydrogens (tertiary/aromatic N) is 3. The highest BCUT2D eigenvalue weighted by Crippen LogP contribution is 2.33. The van der Waals surface area contributed by atoms with E-state index in [2.05, 4.69) is 77.5 Å². The van der Waals surface area contributed by atoms with Crippen LogP contribution >= 0.6 is 11.3 Å². The summed E-state index contributed by atoms with van der Waals surface area (Å²) in [6, 6.07) is 23.9. The molecule has 1 unspecified atom stereocenters. The zero-order valence-corrected chi connectivity index (χ0v) is 19.0. The number of fused-ring (bicyclic) bond motifs is 1. The summed E-state index contributed by atoms with van der Waals surface area (Å²) in [4.78, 5) is 22.4. The van der Waals surface area contributed by atoms with Crippen LogP contribution in [0.2, 0.25) is 0 Å². The minimum Gasteiger partial charge on any atom is -0.336 e. The number of piperazine rings is 1. The van der Waals surface area contributed by atoms with Crippen molar-refractivity contribution in [1.29, 1.82) is 0 Å². The van der Waals surface area contributed by atoms with Gasteiger partial charge in [0, 0.05) is 43.5 Å². The molecule has 0 N–H and O–H groups in total. The van der Waals surface area contributed by atoms with Gasteiger partial charge < -0.3 is 4.90 Å². The zero-order chi connectivity index (χ0) is 21.9. The summed E-state index contributed by atoms with van der Waals surface area (Å²) in [5.41, 5.74) is 3.31. The van der Waals surface area contributed by atoms with Crippen molar-refractivity contribution in [2.75, 3.05) is 19.6 Å². The van der Waals surface area contributed by atoms with E-state index in [9.17, 15) is 4.79 Å². The first kappa shape index (κ1) is 20.9. The van der Waals surface area contributed by atoms with Gasteiger partial charge in [-0.15, -0.1) is 11.3 Å². The highest BCUT2D eigenvalue weighted by atomic mass is 32.1. The third-order valence-electron chi connectivity index (χ3n) is 6.46. The molecule has 2 aromatic heterocycles. The standard InChI is InChI=1S/C27H27N3OS/c1-2-22-19-29(27(31)24-17-28-18-25-23(24)13-16-32-25)14-15-30(22)26(20-9-5-3-6-10-20)21-11-7-4-8-12-21/h3-13,16-18,22,26H,2,14-15,19H2,1H3. The van der Waals surface area contributed by atoms with Crippen LogP contribution < -0.4 is 0 Å². The summed E-state index contributed by atoms with van der Waals surface area (Å²) >= 11 is 1.63. The number of carbonyl (C=O) groups is 1. The predicted octanol–water partition coefficient (Wildman–Crippen LogP) is 5.62. The highest BCUT2D eigenvalue weighted by Gasteiger charge is 2.34. The molecular formula is C27H27N3OS. The van der Waals surface area contributed by atoms with E-state index >= 15 is 0 Å². The molecule has 32 heavy (non-hydrogen) atoms. The number of aromatic nitrogens is 1. The average Bonchev–Trinajstić information content (AvgIpc) is 3.34. The second kappa shape index (κ2) is 9.23.